The Bertz CT molecular complexity index is 732. The molecule has 0 fully saturated rings. The van der Waals surface area contributed by atoms with Gasteiger partial charge < -0.3 is 9.67 Å². The molecule has 0 saturated heterocycles. The van der Waals surface area contributed by atoms with Gasteiger partial charge in [-0.1, -0.05) is 18.1 Å². The highest BCUT2D eigenvalue weighted by Gasteiger charge is 2.13. The van der Waals surface area contributed by atoms with Crippen LogP contribution in [0.25, 0.3) is 10.9 Å². The minimum absolute atomic E-state index is 0.230. The SMILES string of the molecule is CC#CCn1cc(C(=O)O)c(=O)c2ccccc21. The second-order valence-electron chi connectivity index (χ2n) is 3.75. The molecule has 18 heavy (non-hydrogen) atoms. The van der Waals surface area contributed by atoms with Crippen LogP contribution in [0.15, 0.2) is 35.3 Å². The van der Waals surface area contributed by atoms with Crippen LogP contribution in [0.5, 0.6) is 0 Å². The number of carboxylic acids is 1. The molecule has 0 saturated carbocycles. The molecule has 0 aliphatic carbocycles. The van der Waals surface area contributed by atoms with Gasteiger partial charge in [-0.25, -0.2) is 4.79 Å². The molecule has 0 radical (unpaired) electrons. The third-order valence-corrected chi connectivity index (χ3v) is 2.64. The first-order valence-electron chi connectivity index (χ1n) is 5.40. The number of hydrogen-bond donors (Lipinski definition) is 1. The van der Waals surface area contributed by atoms with E-state index in [4.69, 9.17) is 5.11 Å². The maximum atomic E-state index is 12.0. The fraction of sp³-hybridized carbons (Fsp3) is 0.143. The molecule has 2 rings (SSSR count). The predicted octanol–water partition coefficient (Wildman–Crippen LogP) is 1.72. The van der Waals surface area contributed by atoms with Crippen molar-refractivity contribution in [3.05, 3.63) is 46.2 Å². The molecular weight excluding hydrogens is 230 g/mol. The summed E-state index contributed by atoms with van der Waals surface area (Å²) in [5.74, 6) is 4.39. The third-order valence-electron chi connectivity index (χ3n) is 2.64. The fourth-order valence-corrected chi connectivity index (χ4v) is 1.79. The molecule has 4 heteroatoms. The minimum atomic E-state index is -1.22. The first kappa shape index (κ1) is 11.9. The van der Waals surface area contributed by atoms with Crippen molar-refractivity contribution in [2.24, 2.45) is 0 Å². The lowest BCUT2D eigenvalue weighted by molar-refractivity contribution is 0.0695. The van der Waals surface area contributed by atoms with Crippen LogP contribution in [-0.4, -0.2) is 15.6 Å². The van der Waals surface area contributed by atoms with Gasteiger partial charge in [-0.3, -0.25) is 4.79 Å². The average Bonchev–Trinajstić information content (AvgIpc) is 2.38. The smallest absolute Gasteiger partial charge is 0.341 e. The predicted molar refractivity (Wildman–Crippen MR) is 68.6 cm³/mol. The zero-order chi connectivity index (χ0) is 13.1. The highest BCUT2D eigenvalue weighted by molar-refractivity contribution is 5.92. The van der Waals surface area contributed by atoms with Crippen LogP contribution in [-0.2, 0) is 6.54 Å². The van der Waals surface area contributed by atoms with E-state index in [1.54, 1.807) is 35.8 Å². The van der Waals surface area contributed by atoms with Crippen molar-refractivity contribution < 1.29 is 9.90 Å². The van der Waals surface area contributed by atoms with Gasteiger partial charge >= 0.3 is 5.97 Å². The van der Waals surface area contributed by atoms with Crippen molar-refractivity contribution in [3.63, 3.8) is 0 Å². The van der Waals surface area contributed by atoms with Crippen LogP contribution >= 0.6 is 0 Å². The number of para-hydroxylation sites is 1. The molecule has 0 aliphatic heterocycles. The van der Waals surface area contributed by atoms with Gasteiger partial charge in [0, 0.05) is 11.6 Å². The summed E-state index contributed by atoms with van der Waals surface area (Å²) in [5.41, 5.74) is 0.000612. The number of nitrogens with zero attached hydrogens (tertiary/aromatic N) is 1. The lowest BCUT2D eigenvalue weighted by Crippen LogP contribution is -2.18. The molecule has 0 atom stereocenters. The van der Waals surface area contributed by atoms with Crippen molar-refractivity contribution >= 4 is 16.9 Å². The van der Waals surface area contributed by atoms with Gasteiger partial charge in [-0.05, 0) is 19.1 Å². The zero-order valence-corrected chi connectivity index (χ0v) is 9.80. The molecule has 1 N–H and O–H groups in total. The van der Waals surface area contributed by atoms with Gasteiger partial charge in [0.05, 0.1) is 12.1 Å². The van der Waals surface area contributed by atoms with Crippen molar-refractivity contribution in [1.29, 1.82) is 0 Å². The van der Waals surface area contributed by atoms with E-state index < -0.39 is 11.4 Å². The van der Waals surface area contributed by atoms with Gasteiger partial charge in [0.1, 0.15) is 5.56 Å². The molecule has 2 aromatic rings. The van der Waals surface area contributed by atoms with E-state index >= 15 is 0 Å². The van der Waals surface area contributed by atoms with Crippen molar-refractivity contribution in [1.82, 2.24) is 4.57 Å². The Balaban J connectivity index is 2.82. The number of rotatable bonds is 2. The summed E-state index contributed by atoms with van der Waals surface area (Å²) in [6.07, 6.45) is 1.34. The highest BCUT2D eigenvalue weighted by atomic mass is 16.4. The van der Waals surface area contributed by atoms with E-state index in [1.807, 2.05) is 0 Å². The summed E-state index contributed by atoms with van der Waals surface area (Å²) in [6.45, 7) is 2.07. The van der Waals surface area contributed by atoms with E-state index in [2.05, 4.69) is 11.8 Å². The number of benzene rings is 1. The molecule has 0 bridgehead atoms. The van der Waals surface area contributed by atoms with E-state index in [-0.39, 0.29) is 5.56 Å². The molecule has 1 aromatic carbocycles. The van der Waals surface area contributed by atoms with Gasteiger partial charge in [0.2, 0.25) is 5.43 Å². The van der Waals surface area contributed by atoms with Crippen LogP contribution in [0.1, 0.15) is 17.3 Å². The quantitative estimate of drug-likeness (QED) is 0.814. The van der Waals surface area contributed by atoms with E-state index in [0.717, 1.165) is 0 Å². The van der Waals surface area contributed by atoms with Crippen LogP contribution in [0.3, 0.4) is 0 Å². The summed E-state index contributed by atoms with van der Waals surface area (Å²) in [5, 5.41) is 9.42. The number of pyridine rings is 1. The molecular formula is C14H11NO3. The Morgan fingerprint density at radius 1 is 1.39 bits per heavy atom. The molecule has 4 nitrogen and oxygen atoms in total. The lowest BCUT2D eigenvalue weighted by atomic mass is 10.1. The Kier molecular flexibility index (Phi) is 3.16. The van der Waals surface area contributed by atoms with Crippen LogP contribution < -0.4 is 5.43 Å². The van der Waals surface area contributed by atoms with Crippen LogP contribution in [0.2, 0.25) is 0 Å². The standard InChI is InChI=1S/C14H11NO3/c1-2-3-8-15-9-11(14(17)18)13(16)10-6-4-5-7-12(10)15/h4-7,9H,8H2,1H3,(H,17,18). The first-order valence-corrected chi connectivity index (χ1v) is 5.40. The molecule has 0 amide bonds. The summed E-state index contributed by atoms with van der Waals surface area (Å²) >= 11 is 0. The topological polar surface area (TPSA) is 59.3 Å². The van der Waals surface area contributed by atoms with Gasteiger partial charge in [0.15, 0.2) is 0 Å². The Morgan fingerprint density at radius 2 is 2.11 bits per heavy atom. The summed E-state index contributed by atoms with van der Waals surface area (Å²) < 4.78 is 1.68. The summed E-state index contributed by atoms with van der Waals surface area (Å²) in [4.78, 5) is 23.0. The van der Waals surface area contributed by atoms with Gasteiger partial charge in [-0.2, -0.15) is 0 Å². The monoisotopic (exact) mass is 241 g/mol. The van der Waals surface area contributed by atoms with Crippen molar-refractivity contribution in [2.75, 3.05) is 0 Å². The van der Waals surface area contributed by atoms with Crippen molar-refractivity contribution in [2.45, 2.75) is 13.5 Å². The van der Waals surface area contributed by atoms with Gasteiger partial charge in [-0.15, -0.1) is 5.92 Å². The first-order chi connectivity index (χ1) is 8.65. The molecule has 1 heterocycles. The number of carbonyl (C=O) groups is 1. The minimum Gasteiger partial charge on any atom is -0.477 e. The van der Waals surface area contributed by atoms with Crippen LogP contribution in [0.4, 0.5) is 0 Å². The highest BCUT2D eigenvalue weighted by Crippen LogP contribution is 2.11. The Morgan fingerprint density at radius 3 is 2.78 bits per heavy atom. The molecule has 90 valence electrons. The van der Waals surface area contributed by atoms with Gasteiger partial charge in [0.25, 0.3) is 0 Å². The van der Waals surface area contributed by atoms with E-state index in [1.165, 1.54) is 6.20 Å². The zero-order valence-electron chi connectivity index (χ0n) is 9.80. The molecule has 0 spiro atoms. The number of carboxylic acid groups (broad SMARTS) is 1. The average molecular weight is 241 g/mol. The summed E-state index contributed by atoms with van der Waals surface area (Å²) in [7, 11) is 0. The molecule has 0 aliphatic rings. The third kappa shape index (κ3) is 1.98. The van der Waals surface area contributed by atoms with E-state index in [9.17, 15) is 9.59 Å². The second-order valence-corrected chi connectivity index (χ2v) is 3.75. The van der Waals surface area contributed by atoms with E-state index in [0.29, 0.717) is 17.4 Å². The number of aromatic carboxylic acids is 1. The Labute approximate surface area is 103 Å². The summed E-state index contributed by atoms with van der Waals surface area (Å²) in [6, 6.07) is 6.92. The number of hydrogen-bond acceptors (Lipinski definition) is 2. The lowest BCUT2D eigenvalue weighted by Gasteiger charge is -2.08. The molecule has 0 unspecified atom stereocenters. The maximum Gasteiger partial charge on any atom is 0.341 e. The maximum absolute atomic E-state index is 12.0. The fourth-order valence-electron chi connectivity index (χ4n) is 1.79. The number of aromatic nitrogens is 1. The van der Waals surface area contributed by atoms with Crippen LogP contribution in [0, 0.1) is 11.8 Å². The Hall–Kier alpha value is -2.54. The normalized spacial score (nSPS) is 9.83. The second kappa shape index (κ2) is 4.76. The van der Waals surface area contributed by atoms with Crippen molar-refractivity contribution in [3.8, 4) is 11.8 Å². The number of fused-ring (bicyclic) bond motifs is 1. The molecule has 1 aromatic heterocycles. The largest absolute Gasteiger partial charge is 0.477 e.